The van der Waals surface area contributed by atoms with E-state index in [-0.39, 0.29) is 0 Å². The van der Waals surface area contributed by atoms with E-state index in [4.69, 9.17) is 9.72 Å². The molecular weight excluding hydrogens is 354 g/mol. The van der Waals surface area contributed by atoms with Gasteiger partial charge in [-0.3, -0.25) is 0 Å². The molecule has 2 heterocycles. The van der Waals surface area contributed by atoms with Crippen LogP contribution < -0.4 is 4.74 Å². The van der Waals surface area contributed by atoms with Crippen LogP contribution in [0, 0.1) is 25.2 Å². The SMILES string of the molecule is COc1ccc(-c2nc3c(Br)cc(C)cn3c2CC#N)cc1C. The number of ether oxygens (including phenoxy) is 1. The Labute approximate surface area is 143 Å². The van der Waals surface area contributed by atoms with Crippen LogP contribution in [0.25, 0.3) is 16.9 Å². The number of pyridine rings is 1. The number of benzene rings is 1. The van der Waals surface area contributed by atoms with Crippen LogP contribution in [0.1, 0.15) is 16.8 Å². The number of halogens is 1. The number of rotatable bonds is 3. The fourth-order valence-electron chi connectivity index (χ4n) is 2.78. The molecule has 23 heavy (non-hydrogen) atoms. The summed E-state index contributed by atoms with van der Waals surface area (Å²) in [6.07, 6.45) is 2.32. The van der Waals surface area contributed by atoms with Crippen molar-refractivity contribution in [3.05, 3.63) is 51.8 Å². The van der Waals surface area contributed by atoms with Crippen molar-refractivity contribution in [2.75, 3.05) is 7.11 Å². The number of methoxy groups -OCH3 is 1. The van der Waals surface area contributed by atoms with E-state index in [9.17, 15) is 5.26 Å². The minimum Gasteiger partial charge on any atom is -0.496 e. The third-order valence-corrected chi connectivity index (χ3v) is 4.41. The molecule has 0 unspecified atom stereocenters. The van der Waals surface area contributed by atoms with E-state index in [1.54, 1.807) is 7.11 Å². The summed E-state index contributed by atoms with van der Waals surface area (Å²) in [5.74, 6) is 0.844. The highest BCUT2D eigenvalue weighted by atomic mass is 79.9. The van der Waals surface area contributed by atoms with Crippen LogP contribution in [-0.4, -0.2) is 16.5 Å². The van der Waals surface area contributed by atoms with Crippen LogP contribution in [0.2, 0.25) is 0 Å². The number of nitriles is 1. The monoisotopic (exact) mass is 369 g/mol. The first-order valence-electron chi connectivity index (χ1n) is 7.24. The lowest BCUT2D eigenvalue weighted by Gasteiger charge is -2.07. The molecule has 1 aromatic carbocycles. The molecular formula is C18H16BrN3O. The Bertz CT molecular complexity index is 938. The Morgan fingerprint density at radius 3 is 2.74 bits per heavy atom. The van der Waals surface area contributed by atoms with Crippen LogP contribution >= 0.6 is 15.9 Å². The van der Waals surface area contributed by atoms with Gasteiger partial charge in [-0.05, 0) is 65.2 Å². The van der Waals surface area contributed by atoms with Crippen molar-refractivity contribution in [3.8, 4) is 23.1 Å². The zero-order chi connectivity index (χ0) is 16.6. The van der Waals surface area contributed by atoms with Crippen LogP contribution in [0.3, 0.4) is 0 Å². The Balaban J connectivity index is 2.28. The molecule has 0 saturated heterocycles. The van der Waals surface area contributed by atoms with E-state index in [1.165, 1.54) is 0 Å². The summed E-state index contributed by atoms with van der Waals surface area (Å²) in [6.45, 7) is 4.03. The van der Waals surface area contributed by atoms with Crippen molar-refractivity contribution in [3.63, 3.8) is 0 Å². The van der Waals surface area contributed by atoms with E-state index in [0.717, 1.165) is 43.9 Å². The third kappa shape index (κ3) is 2.71. The smallest absolute Gasteiger partial charge is 0.152 e. The predicted octanol–water partition coefficient (Wildman–Crippen LogP) is 4.46. The Kier molecular flexibility index (Phi) is 4.10. The van der Waals surface area contributed by atoms with Gasteiger partial charge in [-0.1, -0.05) is 0 Å². The molecule has 2 aromatic heterocycles. The van der Waals surface area contributed by atoms with Gasteiger partial charge < -0.3 is 9.14 Å². The number of hydrogen-bond acceptors (Lipinski definition) is 3. The normalized spacial score (nSPS) is 10.7. The maximum Gasteiger partial charge on any atom is 0.152 e. The molecule has 3 aromatic rings. The lowest BCUT2D eigenvalue weighted by molar-refractivity contribution is 0.412. The van der Waals surface area contributed by atoms with Crippen molar-refractivity contribution in [2.45, 2.75) is 20.3 Å². The highest BCUT2D eigenvalue weighted by Crippen LogP contribution is 2.31. The van der Waals surface area contributed by atoms with Crippen molar-refractivity contribution in [1.82, 2.24) is 9.38 Å². The van der Waals surface area contributed by atoms with Crippen LogP contribution in [0.15, 0.2) is 34.9 Å². The molecule has 0 spiro atoms. The second kappa shape index (κ2) is 6.05. The molecule has 5 heteroatoms. The van der Waals surface area contributed by atoms with Gasteiger partial charge in [0.25, 0.3) is 0 Å². The molecule has 0 aliphatic carbocycles. The van der Waals surface area contributed by atoms with Crippen LogP contribution in [0.5, 0.6) is 5.75 Å². The summed E-state index contributed by atoms with van der Waals surface area (Å²) >= 11 is 3.57. The van der Waals surface area contributed by atoms with Gasteiger partial charge in [-0.25, -0.2) is 4.98 Å². The topological polar surface area (TPSA) is 50.3 Å². The van der Waals surface area contributed by atoms with Gasteiger partial charge in [0.15, 0.2) is 5.65 Å². The van der Waals surface area contributed by atoms with Crippen molar-refractivity contribution >= 4 is 21.6 Å². The van der Waals surface area contributed by atoms with E-state index >= 15 is 0 Å². The fourth-order valence-corrected chi connectivity index (χ4v) is 3.42. The molecule has 0 fully saturated rings. The van der Waals surface area contributed by atoms with E-state index in [2.05, 4.69) is 22.0 Å². The van der Waals surface area contributed by atoms with Gasteiger partial charge >= 0.3 is 0 Å². The molecule has 3 rings (SSSR count). The summed E-state index contributed by atoms with van der Waals surface area (Å²) in [5, 5.41) is 9.22. The molecule has 0 N–H and O–H groups in total. The summed E-state index contributed by atoms with van der Waals surface area (Å²) in [6, 6.07) is 10.2. The zero-order valence-corrected chi connectivity index (χ0v) is 14.8. The van der Waals surface area contributed by atoms with E-state index in [0.29, 0.717) is 6.42 Å². The number of imidazole rings is 1. The molecule has 0 aliphatic heterocycles. The maximum absolute atomic E-state index is 9.22. The lowest BCUT2D eigenvalue weighted by Crippen LogP contribution is -1.95. The highest BCUT2D eigenvalue weighted by Gasteiger charge is 2.16. The molecule has 0 radical (unpaired) electrons. The zero-order valence-electron chi connectivity index (χ0n) is 13.2. The maximum atomic E-state index is 9.22. The first-order chi connectivity index (χ1) is 11.0. The van der Waals surface area contributed by atoms with Crippen molar-refractivity contribution < 1.29 is 4.74 Å². The van der Waals surface area contributed by atoms with Crippen molar-refractivity contribution in [2.24, 2.45) is 0 Å². The number of nitrogens with zero attached hydrogens (tertiary/aromatic N) is 3. The average molecular weight is 370 g/mol. The number of aromatic nitrogens is 2. The average Bonchev–Trinajstić information content (AvgIpc) is 2.87. The summed E-state index contributed by atoms with van der Waals surface area (Å²) in [4.78, 5) is 4.76. The molecule has 0 amide bonds. The largest absolute Gasteiger partial charge is 0.496 e. The van der Waals surface area contributed by atoms with Crippen molar-refractivity contribution in [1.29, 1.82) is 5.26 Å². The first-order valence-corrected chi connectivity index (χ1v) is 8.03. The Morgan fingerprint density at radius 2 is 2.09 bits per heavy atom. The third-order valence-electron chi connectivity index (χ3n) is 3.83. The molecule has 4 nitrogen and oxygen atoms in total. The van der Waals surface area contributed by atoms with Gasteiger partial charge in [0.05, 0.1) is 35.5 Å². The fraction of sp³-hybridized carbons (Fsp3) is 0.222. The molecule has 0 bridgehead atoms. The van der Waals surface area contributed by atoms with Gasteiger partial charge in [0.2, 0.25) is 0 Å². The number of hydrogen-bond donors (Lipinski definition) is 0. The minimum absolute atomic E-state index is 0.303. The van der Waals surface area contributed by atoms with Gasteiger partial charge in [0, 0.05) is 11.8 Å². The Morgan fingerprint density at radius 1 is 1.30 bits per heavy atom. The van der Waals surface area contributed by atoms with Crippen LogP contribution in [-0.2, 0) is 6.42 Å². The second-order valence-corrected chi connectivity index (χ2v) is 6.34. The van der Waals surface area contributed by atoms with Gasteiger partial charge in [-0.2, -0.15) is 5.26 Å². The van der Waals surface area contributed by atoms with E-state index in [1.807, 2.05) is 48.7 Å². The predicted molar refractivity (Wildman–Crippen MR) is 93.7 cm³/mol. The summed E-state index contributed by atoms with van der Waals surface area (Å²) in [5.41, 5.74) is 5.70. The molecule has 0 atom stereocenters. The highest BCUT2D eigenvalue weighted by molar-refractivity contribution is 9.10. The standard InChI is InChI=1S/C18H16BrN3O/c1-11-8-14(19)18-21-17(15(6-7-20)22(18)10-11)13-4-5-16(23-3)12(2)9-13/h4-5,8-10H,6H2,1-3H3. The number of aryl methyl sites for hydroxylation is 2. The van der Waals surface area contributed by atoms with Crippen LogP contribution in [0.4, 0.5) is 0 Å². The molecule has 0 saturated carbocycles. The molecule has 0 aliphatic rings. The van der Waals surface area contributed by atoms with Gasteiger partial charge in [-0.15, -0.1) is 0 Å². The molecule has 116 valence electrons. The Hall–Kier alpha value is -2.32. The summed E-state index contributed by atoms with van der Waals surface area (Å²) in [7, 11) is 1.66. The lowest BCUT2D eigenvalue weighted by atomic mass is 10.1. The quantitative estimate of drug-likeness (QED) is 0.684. The first kappa shape index (κ1) is 15.6. The summed E-state index contributed by atoms with van der Waals surface area (Å²) < 4.78 is 8.24. The van der Waals surface area contributed by atoms with E-state index < -0.39 is 0 Å². The minimum atomic E-state index is 0.303. The van der Waals surface area contributed by atoms with Gasteiger partial charge in [0.1, 0.15) is 5.75 Å². The second-order valence-electron chi connectivity index (χ2n) is 5.49. The number of fused-ring (bicyclic) bond motifs is 1.